The standard InChI is InChI=1S/C48H30N6S.C45H27N3S/c1-2-12-39-38(11-1)48-45(44(35-9-7-23-49-29-35)47(55-48)36-10-8-24-50-30-36)46(54-39)34-21-19-32(20-22-34)31-15-17-33(18-16-31)37-27-42(40-13-3-5-25-51-40)53-43(28-37)41-14-4-6-26-52-41;1-2-13-35-33(11-1)34-12-3-4-14-36(34)39-25-30(21-22-37(35)39)28-17-19-29(20-18-28)43-42-41(31-9-7-23-46-26-31)44(32-10-8-24-47-27-32)49-45(42)38-15-5-6-16-40(38)48-43/h1-30H;1-27H. The number of fused-ring (bicyclic) bond motifs is 12. The molecular weight excluding hydrogens is 1310 g/mol. The fourth-order valence-corrected chi connectivity index (χ4v) is 17.2. The van der Waals surface area contributed by atoms with Crippen molar-refractivity contribution in [2.75, 3.05) is 0 Å². The Morgan fingerprint density at radius 1 is 0.212 bits per heavy atom. The van der Waals surface area contributed by atoms with Crippen LogP contribution in [0.5, 0.6) is 0 Å². The number of benzene rings is 9. The first-order chi connectivity index (χ1) is 51.6. The van der Waals surface area contributed by atoms with Crippen LogP contribution < -0.4 is 0 Å². The molecule has 0 atom stereocenters. The number of hydrogen-bond donors (Lipinski definition) is 0. The van der Waals surface area contributed by atoms with Gasteiger partial charge in [-0.25, -0.2) is 15.0 Å². The van der Waals surface area contributed by atoms with Crippen molar-refractivity contribution in [3.05, 3.63) is 347 Å². The Kier molecular flexibility index (Phi) is 15.7. The molecule has 11 heterocycles. The van der Waals surface area contributed by atoms with E-state index in [1.165, 1.54) is 57.7 Å². The minimum Gasteiger partial charge on any atom is -0.264 e. The zero-order valence-corrected chi connectivity index (χ0v) is 57.4. The molecule has 11 aromatic heterocycles. The smallest absolute Gasteiger partial charge is 0.0900 e. The zero-order valence-electron chi connectivity index (χ0n) is 55.8. The van der Waals surface area contributed by atoms with Crippen LogP contribution in [0.4, 0.5) is 0 Å². The van der Waals surface area contributed by atoms with Crippen LogP contribution in [0.25, 0.3) is 196 Å². The Balaban J connectivity index is 0.000000144. The molecule has 0 fully saturated rings. The lowest BCUT2D eigenvalue weighted by Gasteiger charge is -2.13. The average Bonchev–Trinajstić information content (AvgIpc) is 1.52. The van der Waals surface area contributed by atoms with E-state index in [-0.39, 0.29) is 0 Å². The van der Waals surface area contributed by atoms with Crippen molar-refractivity contribution in [2.45, 2.75) is 0 Å². The minimum atomic E-state index is 0.805. The molecule has 0 aliphatic rings. The fourth-order valence-electron chi connectivity index (χ4n) is 14.5. The van der Waals surface area contributed by atoms with Crippen LogP contribution in [0.2, 0.25) is 0 Å². The molecule has 104 heavy (non-hydrogen) atoms. The van der Waals surface area contributed by atoms with Gasteiger partial charge in [0.2, 0.25) is 0 Å². The van der Waals surface area contributed by atoms with E-state index >= 15 is 0 Å². The maximum absolute atomic E-state index is 5.34. The van der Waals surface area contributed by atoms with Crippen LogP contribution in [0.1, 0.15) is 0 Å². The lowest BCUT2D eigenvalue weighted by Crippen LogP contribution is -1.94. The van der Waals surface area contributed by atoms with Gasteiger partial charge in [0.1, 0.15) is 0 Å². The summed E-state index contributed by atoms with van der Waals surface area (Å²) in [6, 6.07) is 100. The normalized spacial score (nSPS) is 11.5. The predicted molar refractivity (Wildman–Crippen MR) is 431 cm³/mol. The minimum absolute atomic E-state index is 0.805. The number of hydrogen-bond acceptors (Lipinski definition) is 11. The molecule has 11 heteroatoms. The molecule has 0 unspecified atom stereocenters. The van der Waals surface area contributed by atoms with E-state index in [9.17, 15) is 0 Å². The zero-order chi connectivity index (χ0) is 68.9. The third-order valence-corrected chi connectivity index (χ3v) is 22.0. The summed E-state index contributed by atoms with van der Waals surface area (Å²) in [7, 11) is 0. The highest BCUT2D eigenvalue weighted by Crippen LogP contribution is 2.52. The van der Waals surface area contributed by atoms with Crippen LogP contribution in [0, 0.1) is 0 Å². The molecule has 20 aromatic rings. The molecule has 0 saturated heterocycles. The van der Waals surface area contributed by atoms with Crippen molar-refractivity contribution in [1.29, 1.82) is 0 Å². The van der Waals surface area contributed by atoms with E-state index in [1.54, 1.807) is 35.1 Å². The summed E-state index contributed by atoms with van der Waals surface area (Å²) in [5, 5.41) is 12.3. The van der Waals surface area contributed by atoms with Crippen LogP contribution in [-0.4, -0.2) is 44.9 Å². The van der Waals surface area contributed by atoms with Crippen LogP contribution >= 0.6 is 22.7 Å². The van der Waals surface area contributed by atoms with Gasteiger partial charge in [0, 0.05) is 147 Å². The fraction of sp³-hybridized carbons (Fsp3) is 0. The summed E-state index contributed by atoms with van der Waals surface area (Å²) < 4.78 is 2.42. The number of thiophene rings is 2. The molecule has 0 bridgehead atoms. The number of pyridine rings is 9. The summed E-state index contributed by atoms with van der Waals surface area (Å²) >= 11 is 3.60. The highest BCUT2D eigenvalue weighted by atomic mass is 32.1. The number of nitrogens with zero attached hydrogens (tertiary/aromatic N) is 9. The Hall–Kier alpha value is -13.5. The lowest BCUT2D eigenvalue weighted by atomic mass is 9.91. The third kappa shape index (κ3) is 11.3. The van der Waals surface area contributed by atoms with Gasteiger partial charge in [0.25, 0.3) is 0 Å². The average molecular weight is 1360 g/mol. The van der Waals surface area contributed by atoms with Crippen LogP contribution in [0.15, 0.2) is 347 Å². The van der Waals surface area contributed by atoms with E-state index in [4.69, 9.17) is 15.0 Å². The first kappa shape index (κ1) is 61.6. The van der Waals surface area contributed by atoms with E-state index in [0.717, 1.165) is 138 Å². The van der Waals surface area contributed by atoms with Gasteiger partial charge in [-0.15, -0.1) is 22.7 Å². The van der Waals surface area contributed by atoms with Crippen molar-refractivity contribution in [3.8, 4) is 122 Å². The van der Waals surface area contributed by atoms with Crippen LogP contribution in [0.3, 0.4) is 0 Å². The molecule has 9 aromatic carbocycles. The number of aromatic nitrogens is 9. The summed E-state index contributed by atoms with van der Waals surface area (Å²) in [6.45, 7) is 0. The third-order valence-electron chi connectivity index (χ3n) is 19.4. The van der Waals surface area contributed by atoms with Gasteiger partial charge in [-0.05, 0) is 145 Å². The summed E-state index contributed by atoms with van der Waals surface area (Å²) in [4.78, 5) is 45.1. The summed E-state index contributed by atoms with van der Waals surface area (Å²) in [6.07, 6.45) is 18.7. The SMILES string of the molecule is c1ccc(-c2cc(-c3ccc(-c4ccc(-c5nc6ccccc6c6sc(-c7cccnc7)c(-c7cccnc7)c56)cc4)cc3)cc(-c3ccccn3)n2)nc1.c1cncc(-c2sc3c(c(-c4ccc(-c5ccc6c7ccccc7c7ccccc7c6c5)cc4)nc4ccccc43)c2-c2cccnc2)c1. The van der Waals surface area contributed by atoms with Gasteiger partial charge >= 0.3 is 0 Å². The van der Waals surface area contributed by atoms with Crippen molar-refractivity contribution in [2.24, 2.45) is 0 Å². The van der Waals surface area contributed by atoms with Gasteiger partial charge < -0.3 is 0 Å². The van der Waals surface area contributed by atoms with Crippen molar-refractivity contribution >= 4 is 97.0 Å². The maximum Gasteiger partial charge on any atom is 0.0900 e. The summed E-state index contributed by atoms with van der Waals surface area (Å²) in [5.41, 5.74) is 22.6. The Bertz CT molecular complexity index is 6510. The quantitative estimate of drug-likeness (QED) is 0.117. The largest absolute Gasteiger partial charge is 0.264 e. The van der Waals surface area contributed by atoms with E-state index < -0.39 is 0 Å². The predicted octanol–water partition coefficient (Wildman–Crippen LogP) is 24.5. The highest BCUT2D eigenvalue weighted by Gasteiger charge is 2.26. The van der Waals surface area contributed by atoms with E-state index in [1.807, 2.05) is 110 Å². The second-order valence-electron chi connectivity index (χ2n) is 25.6. The van der Waals surface area contributed by atoms with Crippen molar-refractivity contribution in [3.63, 3.8) is 0 Å². The van der Waals surface area contributed by atoms with E-state index in [2.05, 4.69) is 254 Å². The monoisotopic (exact) mass is 1360 g/mol. The maximum atomic E-state index is 5.34. The summed E-state index contributed by atoms with van der Waals surface area (Å²) in [5.74, 6) is 0. The Labute approximate surface area is 606 Å². The molecule has 0 amide bonds. The first-order valence-electron chi connectivity index (χ1n) is 34.4. The molecule has 9 nitrogen and oxygen atoms in total. The molecule has 0 radical (unpaired) electrons. The van der Waals surface area contributed by atoms with Crippen molar-refractivity contribution < 1.29 is 0 Å². The number of para-hydroxylation sites is 2. The van der Waals surface area contributed by atoms with Gasteiger partial charge in [-0.1, -0.05) is 206 Å². The van der Waals surface area contributed by atoms with Crippen LogP contribution in [-0.2, 0) is 0 Å². The molecule has 0 saturated carbocycles. The van der Waals surface area contributed by atoms with Gasteiger partial charge in [0.15, 0.2) is 0 Å². The molecular formula is C93H57N9S2. The molecule has 0 aliphatic heterocycles. The van der Waals surface area contributed by atoms with Crippen molar-refractivity contribution in [1.82, 2.24) is 44.9 Å². The first-order valence-corrected chi connectivity index (χ1v) is 36.0. The topological polar surface area (TPSA) is 116 Å². The Morgan fingerprint density at radius 3 is 0.962 bits per heavy atom. The molecule has 0 spiro atoms. The second kappa shape index (κ2) is 26.6. The van der Waals surface area contributed by atoms with Gasteiger partial charge in [-0.3, -0.25) is 29.9 Å². The lowest BCUT2D eigenvalue weighted by molar-refractivity contribution is 1.22. The van der Waals surface area contributed by atoms with Gasteiger partial charge in [-0.2, -0.15) is 0 Å². The molecule has 0 N–H and O–H groups in total. The molecule has 0 aliphatic carbocycles. The molecule has 20 rings (SSSR count). The Morgan fingerprint density at radius 2 is 0.558 bits per heavy atom. The second-order valence-corrected chi connectivity index (χ2v) is 27.6. The van der Waals surface area contributed by atoms with E-state index in [0.29, 0.717) is 0 Å². The van der Waals surface area contributed by atoms with Gasteiger partial charge in [0.05, 0.1) is 45.2 Å². The highest BCUT2D eigenvalue weighted by molar-refractivity contribution is 7.24. The molecule has 486 valence electrons. The number of rotatable bonds is 11.